The fourth-order valence-electron chi connectivity index (χ4n) is 2.15. The van der Waals surface area contributed by atoms with Crippen LogP contribution in [-0.2, 0) is 9.47 Å². The summed E-state index contributed by atoms with van der Waals surface area (Å²) in [5, 5.41) is 10.2. The summed E-state index contributed by atoms with van der Waals surface area (Å²) in [4.78, 5) is 25.6. The molecule has 112 valence electrons. The zero-order valence-corrected chi connectivity index (χ0v) is 11.5. The molecule has 0 spiro atoms. The lowest BCUT2D eigenvalue weighted by atomic mass is 10.1. The van der Waals surface area contributed by atoms with Gasteiger partial charge in [-0.25, -0.2) is 4.79 Å². The first-order valence-corrected chi connectivity index (χ1v) is 6.56. The largest absolute Gasteiger partial charge is 0.388 e. The fourth-order valence-corrected chi connectivity index (χ4v) is 2.15. The van der Waals surface area contributed by atoms with Gasteiger partial charge < -0.3 is 14.6 Å². The second kappa shape index (κ2) is 5.90. The minimum Gasteiger partial charge on any atom is -0.388 e. The monoisotopic (exact) mass is 285 g/mol. The van der Waals surface area contributed by atoms with Crippen molar-refractivity contribution in [3.05, 3.63) is 32.6 Å². The van der Waals surface area contributed by atoms with Crippen LogP contribution in [0.15, 0.2) is 15.8 Å². The number of nitrogens with one attached hydrogen (secondary N) is 1. The number of aryl methyl sites for hydroxylation is 1. The quantitative estimate of drug-likeness (QED) is 0.807. The third-order valence-electron chi connectivity index (χ3n) is 3.25. The fraction of sp³-hybridized carbons (Fsp3) is 0.692. The molecule has 1 fully saturated rings. The Balaban J connectivity index is 2.37. The molecule has 1 aromatic rings. The molecule has 20 heavy (non-hydrogen) atoms. The van der Waals surface area contributed by atoms with Crippen LogP contribution in [0.2, 0.25) is 0 Å². The number of aromatic amines is 1. The normalized spacial score (nSPS) is 30.4. The molecular weight excluding hydrogens is 264 g/mol. The lowest BCUT2D eigenvalue weighted by Crippen LogP contribution is -2.39. The molecule has 2 rings (SSSR count). The van der Waals surface area contributed by atoms with Crippen LogP contribution in [0.4, 0.5) is 0 Å². The van der Waals surface area contributed by atoms with Crippen LogP contribution in [0.3, 0.4) is 0 Å². The van der Waals surface area contributed by atoms with Gasteiger partial charge in [0.1, 0.15) is 12.2 Å². The third-order valence-corrected chi connectivity index (χ3v) is 3.25. The number of nitrogens with zero attached hydrogens (tertiary/aromatic N) is 1. The highest BCUT2D eigenvalue weighted by Gasteiger charge is 2.43. The number of rotatable bonds is 4. The Kier molecular flexibility index (Phi) is 4.00. The number of aliphatic hydroxyl groups is 1. The number of aliphatic hydroxyl groups excluding tert-OH is 1. The predicted octanol–water partition coefficient (Wildman–Crippen LogP) is -0.0816. The van der Waals surface area contributed by atoms with E-state index in [-0.39, 0.29) is 6.90 Å². The highest BCUT2D eigenvalue weighted by Crippen LogP contribution is 2.30. The summed E-state index contributed by atoms with van der Waals surface area (Å²) >= 11 is 0. The van der Waals surface area contributed by atoms with Crippen LogP contribution in [0, 0.1) is 6.92 Å². The zero-order valence-electron chi connectivity index (χ0n) is 12.5. The highest BCUT2D eigenvalue weighted by atomic mass is 16.6. The van der Waals surface area contributed by atoms with Gasteiger partial charge in [-0.2, -0.15) is 0 Å². The Hall–Kier alpha value is -1.44. The number of H-pyrrole nitrogens is 1. The van der Waals surface area contributed by atoms with Gasteiger partial charge in [0.05, 0.1) is 6.10 Å². The van der Waals surface area contributed by atoms with Crippen molar-refractivity contribution >= 4 is 0 Å². The molecule has 1 aliphatic rings. The van der Waals surface area contributed by atoms with E-state index in [2.05, 4.69) is 4.98 Å². The van der Waals surface area contributed by atoms with E-state index >= 15 is 0 Å². The van der Waals surface area contributed by atoms with Crippen LogP contribution in [0.1, 0.15) is 33.4 Å². The van der Waals surface area contributed by atoms with Gasteiger partial charge in [0.15, 0.2) is 6.23 Å². The predicted molar refractivity (Wildman–Crippen MR) is 71.7 cm³/mol. The standard InChI is InChI=1S/C13H20N2O5/c1-4-5-19-10-9(16)8(3)20-12(10)15-6-7(2)11(17)14-13(15)18/h6,8-10,12,16H,4-5H2,1-3H3,(H,14,17,18)/t8-,9-,10-,12-/m1/s1/i3D. The zero-order chi connectivity index (χ0) is 15.6. The molecular formula is C13H20N2O5. The Labute approximate surface area is 117 Å². The molecule has 4 atom stereocenters. The molecule has 0 aliphatic carbocycles. The smallest absolute Gasteiger partial charge is 0.330 e. The van der Waals surface area contributed by atoms with Gasteiger partial charge in [-0.1, -0.05) is 6.92 Å². The Morgan fingerprint density at radius 1 is 1.60 bits per heavy atom. The molecule has 0 aromatic carbocycles. The molecule has 2 heterocycles. The number of hydrogen-bond acceptors (Lipinski definition) is 5. The Morgan fingerprint density at radius 3 is 3.00 bits per heavy atom. The summed E-state index contributed by atoms with van der Waals surface area (Å²) in [6, 6.07) is 0. The third kappa shape index (κ3) is 2.70. The summed E-state index contributed by atoms with van der Waals surface area (Å²) < 4.78 is 19.7. The van der Waals surface area contributed by atoms with Crippen LogP contribution in [0.25, 0.3) is 0 Å². The van der Waals surface area contributed by atoms with Crippen molar-refractivity contribution in [2.24, 2.45) is 0 Å². The van der Waals surface area contributed by atoms with E-state index in [1.165, 1.54) is 10.8 Å². The van der Waals surface area contributed by atoms with Gasteiger partial charge in [0, 0.05) is 19.7 Å². The molecule has 7 nitrogen and oxygen atoms in total. The van der Waals surface area contributed by atoms with E-state index in [9.17, 15) is 14.7 Å². The van der Waals surface area contributed by atoms with E-state index in [1.54, 1.807) is 6.92 Å². The molecule has 0 radical (unpaired) electrons. The highest BCUT2D eigenvalue weighted by molar-refractivity contribution is 5.03. The SMILES string of the molecule is [2H]C[C@H]1O[C@@H](n2cc(C)c(=O)[nH]c2=O)[C@H](OCCC)[C@@H]1O. The summed E-state index contributed by atoms with van der Waals surface area (Å²) in [6.45, 7) is 3.77. The lowest BCUT2D eigenvalue weighted by Gasteiger charge is -2.22. The van der Waals surface area contributed by atoms with Crippen molar-refractivity contribution in [3.8, 4) is 0 Å². The van der Waals surface area contributed by atoms with Crippen molar-refractivity contribution in [2.45, 2.75) is 51.7 Å². The second-order valence-corrected chi connectivity index (χ2v) is 4.87. The van der Waals surface area contributed by atoms with Crippen LogP contribution in [-0.4, -0.2) is 39.6 Å². The van der Waals surface area contributed by atoms with E-state index in [0.717, 1.165) is 6.42 Å². The topological polar surface area (TPSA) is 93.6 Å². The second-order valence-electron chi connectivity index (χ2n) is 4.87. The molecule has 0 bridgehead atoms. The van der Waals surface area contributed by atoms with Crippen molar-refractivity contribution in [2.75, 3.05) is 6.61 Å². The summed E-state index contributed by atoms with van der Waals surface area (Å²) in [5.41, 5.74) is -0.729. The van der Waals surface area contributed by atoms with Gasteiger partial charge in [0.25, 0.3) is 5.56 Å². The van der Waals surface area contributed by atoms with E-state index in [0.29, 0.717) is 12.2 Å². The van der Waals surface area contributed by atoms with Crippen molar-refractivity contribution in [3.63, 3.8) is 0 Å². The molecule has 2 N–H and O–H groups in total. The van der Waals surface area contributed by atoms with Gasteiger partial charge in [-0.05, 0) is 20.2 Å². The molecule has 1 aromatic heterocycles. The lowest BCUT2D eigenvalue weighted by molar-refractivity contribution is -0.0693. The number of ether oxygens (including phenoxy) is 2. The molecule has 1 saturated heterocycles. The summed E-state index contributed by atoms with van der Waals surface area (Å²) in [6.07, 6.45) is -1.18. The first-order chi connectivity index (χ1) is 9.99. The number of hydrogen-bond donors (Lipinski definition) is 2. The van der Waals surface area contributed by atoms with E-state index < -0.39 is 35.8 Å². The molecule has 0 amide bonds. The average Bonchev–Trinajstić information content (AvgIpc) is 2.77. The van der Waals surface area contributed by atoms with Crippen molar-refractivity contribution < 1.29 is 16.0 Å². The van der Waals surface area contributed by atoms with Crippen LogP contribution >= 0.6 is 0 Å². The molecule has 7 heteroatoms. The van der Waals surface area contributed by atoms with Crippen LogP contribution < -0.4 is 11.2 Å². The minimum atomic E-state index is -0.988. The Bertz CT molecular complexity index is 599. The van der Waals surface area contributed by atoms with Crippen molar-refractivity contribution in [1.82, 2.24) is 9.55 Å². The maximum absolute atomic E-state index is 11.9. The van der Waals surface area contributed by atoms with E-state index in [1.807, 2.05) is 6.92 Å². The molecule has 0 saturated carbocycles. The number of aromatic nitrogens is 2. The van der Waals surface area contributed by atoms with Crippen molar-refractivity contribution in [1.29, 1.82) is 0 Å². The maximum Gasteiger partial charge on any atom is 0.330 e. The first kappa shape index (κ1) is 13.5. The maximum atomic E-state index is 11.9. The summed E-state index contributed by atoms with van der Waals surface area (Å²) in [5.74, 6) is 0. The van der Waals surface area contributed by atoms with Gasteiger partial charge in [0.2, 0.25) is 0 Å². The van der Waals surface area contributed by atoms with Crippen LogP contribution in [0.5, 0.6) is 0 Å². The minimum absolute atomic E-state index is 0.138. The molecule has 1 aliphatic heterocycles. The average molecular weight is 285 g/mol. The van der Waals surface area contributed by atoms with Gasteiger partial charge in [-0.3, -0.25) is 14.3 Å². The first-order valence-electron chi connectivity index (χ1n) is 7.26. The Morgan fingerprint density at radius 2 is 2.35 bits per heavy atom. The van der Waals surface area contributed by atoms with Gasteiger partial charge >= 0.3 is 5.69 Å². The van der Waals surface area contributed by atoms with Gasteiger partial charge in [-0.15, -0.1) is 0 Å². The van der Waals surface area contributed by atoms with E-state index in [4.69, 9.17) is 10.8 Å². The molecule has 0 unspecified atom stereocenters. The summed E-state index contributed by atoms with van der Waals surface area (Å²) in [7, 11) is 0.